The van der Waals surface area contributed by atoms with Crippen LogP contribution in [0.5, 0.6) is 0 Å². The average molecular weight is 485 g/mol. The van der Waals surface area contributed by atoms with Gasteiger partial charge in [-0.25, -0.2) is 4.98 Å². The van der Waals surface area contributed by atoms with Crippen molar-refractivity contribution in [3.63, 3.8) is 0 Å². The average Bonchev–Trinajstić information content (AvgIpc) is 3.29. The lowest BCUT2D eigenvalue weighted by atomic mass is 9.90. The van der Waals surface area contributed by atoms with Crippen LogP contribution in [0.1, 0.15) is 45.6 Å². The van der Waals surface area contributed by atoms with E-state index in [9.17, 15) is 9.59 Å². The van der Waals surface area contributed by atoms with Crippen LogP contribution in [0.4, 0.5) is 0 Å². The van der Waals surface area contributed by atoms with Crippen molar-refractivity contribution in [1.82, 2.24) is 20.2 Å². The first-order chi connectivity index (χ1) is 17.0. The maximum atomic E-state index is 13.8. The Morgan fingerprint density at radius 1 is 1.09 bits per heavy atom. The third-order valence-electron chi connectivity index (χ3n) is 6.70. The summed E-state index contributed by atoms with van der Waals surface area (Å²) in [6, 6.07) is 19.3. The van der Waals surface area contributed by atoms with Crippen LogP contribution < -0.4 is 5.32 Å². The number of hydrogen-bond acceptors (Lipinski definition) is 5. The first-order valence-corrected chi connectivity index (χ1v) is 12.8. The van der Waals surface area contributed by atoms with Gasteiger partial charge >= 0.3 is 0 Å². The number of hydrogen-bond donors (Lipinski definition) is 1. The Balaban J connectivity index is 1.38. The number of fused-ring (bicyclic) bond motifs is 1. The molecule has 1 aliphatic heterocycles. The summed E-state index contributed by atoms with van der Waals surface area (Å²) in [5.41, 5.74) is 2.73. The molecule has 2 aromatic heterocycles. The highest BCUT2D eigenvalue weighted by molar-refractivity contribution is 7.15. The van der Waals surface area contributed by atoms with Gasteiger partial charge in [0.25, 0.3) is 11.8 Å². The monoisotopic (exact) mass is 484 g/mol. The Morgan fingerprint density at radius 3 is 2.71 bits per heavy atom. The molecule has 5 rings (SSSR count). The van der Waals surface area contributed by atoms with E-state index in [1.165, 1.54) is 0 Å². The number of rotatable bonds is 5. The first kappa shape index (κ1) is 23.2. The van der Waals surface area contributed by atoms with Crippen molar-refractivity contribution in [3.8, 4) is 10.4 Å². The van der Waals surface area contributed by atoms with Crippen molar-refractivity contribution in [2.24, 2.45) is 5.92 Å². The maximum Gasteiger partial charge on any atom is 0.274 e. The lowest BCUT2D eigenvalue weighted by molar-refractivity contribution is 0.0503. The second kappa shape index (κ2) is 9.96. The minimum absolute atomic E-state index is 0.0640. The molecule has 4 aromatic rings. The molecule has 178 valence electrons. The van der Waals surface area contributed by atoms with Gasteiger partial charge < -0.3 is 10.2 Å². The zero-order valence-electron chi connectivity index (χ0n) is 19.9. The molecule has 6 nitrogen and oxygen atoms in total. The molecule has 1 N–H and O–H groups in total. The van der Waals surface area contributed by atoms with Crippen LogP contribution in [0.2, 0.25) is 0 Å². The summed E-state index contributed by atoms with van der Waals surface area (Å²) in [4.78, 5) is 38.8. The maximum absolute atomic E-state index is 13.8. The van der Waals surface area contributed by atoms with Gasteiger partial charge in [0, 0.05) is 24.7 Å². The second-order valence-corrected chi connectivity index (χ2v) is 10.3. The number of aryl methyl sites for hydroxylation is 1. The van der Waals surface area contributed by atoms with Crippen molar-refractivity contribution in [2.45, 2.75) is 32.7 Å². The van der Waals surface area contributed by atoms with Crippen LogP contribution in [0.25, 0.3) is 21.3 Å². The number of carbonyl (C=O) groups excluding carboxylic acids is 2. The molecule has 0 radical (unpaired) electrons. The molecule has 1 unspecified atom stereocenters. The quantitative estimate of drug-likeness (QED) is 0.415. The zero-order valence-corrected chi connectivity index (χ0v) is 20.7. The Bertz CT molecular complexity index is 1360. The third-order valence-corrected chi connectivity index (χ3v) is 7.72. The third kappa shape index (κ3) is 4.68. The van der Waals surface area contributed by atoms with Crippen LogP contribution in [-0.4, -0.2) is 45.8 Å². The molecule has 1 fully saturated rings. The summed E-state index contributed by atoms with van der Waals surface area (Å²) < 4.78 is 0. The zero-order chi connectivity index (χ0) is 24.4. The molecule has 2 atom stereocenters. The van der Waals surface area contributed by atoms with Gasteiger partial charge in [-0.05, 0) is 43.4 Å². The number of aromatic nitrogens is 2. The van der Waals surface area contributed by atoms with E-state index in [0.717, 1.165) is 33.7 Å². The number of amides is 2. The molecule has 1 aliphatic rings. The Hall–Kier alpha value is -3.58. The minimum atomic E-state index is -0.172. The fraction of sp³-hybridized carbons (Fsp3) is 0.286. The van der Waals surface area contributed by atoms with Gasteiger partial charge in [0.05, 0.1) is 27.0 Å². The predicted octanol–water partition coefficient (Wildman–Crippen LogP) is 5.34. The van der Waals surface area contributed by atoms with Crippen molar-refractivity contribution >= 4 is 34.1 Å². The minimum Gasteiger partial charge on any atom is -0.350 e. The Morgan fingerprint density at radius 2 is 1.89 bits per heavy atom. The van der Waals surface area contributed by atoms with Gasteiger partial charge in [0.2, 0.25) is 0 Å². The lowest BCUT2D eigenvalue weighted by Crippen LogP contribution is -2.53. The molecule has 0 bridgehead atoms. The van der Waals surface area contributed by atoms with E-state index in [2.05, 4.69) is 22.2 Å². The summed E-state index contributed by atoms with van der Waals surface area (Å²) in [6.07, 6.45) is 3.65. The number of nitrogens with one attached hydrogen (secondary N) is 1. The van der Waals surface area contributed by atoms with Crippen LogP contribution in [0.3, 0.4) is 0 Å². The second-order valence-electron chi connectivity index (χ2n) is 9.05. The van der Waals surface area contributed by atoms with Crippen LogP contribution >= 0.6 is 11.3 Å². The number of nitrogens with zero attached hydrogens (tertiary/aromatic N) is 3. The van der Waals surface area contributed by atoms with E-state index in [-0.39, 0.29) is 23.8 Å². The molecule has 7 heteroatoms. The summed E-state index contributed by atoms with van der Waals surface area (Å²) in [6.45, 7) is 5.13. The smallest absolute Gasteiger partial charge is 0.274 e. The molecule has 3 heterocycles. The number of likely N-dealkylation sites (tertiary alicyclic amines) is 1. The van der Waals surface area contributed by atoms with E-state index in [1.54, 1.807) is 23.6 Å². The molecule has 0 spiro atoms. The molecule has 0 aliphatic carbocycles. The highest BCUT2D eigenvalue weighted by Gasteiger charge is 2.35. The van der Waals surface area contributed by atoms with Gasteiger partial charge in [-0.15, -0.1) is 11.3 Å². The largest absolute Gasteiger partial charge is 0.350 e. The summed E-state index contributed by atoms with van der Waals surface area (Å²) in [5.74, 6) is 0.0262. The lowest BCUT2D eigenvalue weighted by Gasteiger charge is -2.40. The van der Waals surface area contributed by atoms with E-state index in [4.69, 9.17) is 0 Å². The fourth-order valence-corrected chi connectivity index (χ4v) is 5.80. The number of piperidine rings is 1. The number of benzene rings is 2. The molecule has 0 saturated carbocycles. The van der Waals surface area contributed by atoms with Crippen molar-refractivity contribution in [1.29, 1.82) is 0 Å². The van der Waals surface area contributed by atoms with E-state index in [0.29, 0.717) is 29.9 Å². The number of carbonyl (C=O) groups is 2. The van der Waals surface area contributed by atoms with Crippen molar-refractivity contribution < 1.29 is 9.59 Å². The summed E-state index contributed by atoms with van der Waals surface area (Å²) >= 11 is 1.54. The van der Waals surface area contributed by atoms with Crippen molar-refractivity contribution in [3.05, 3.63) is 83.1 Å². The highest BCUT2D eigenvalue weighted by atomic mass is 32.1. The van der Waals surface area contributed by atoms with E-state index < -0.39 is 0 Å². The summed E-state index contributed by atoms with van der Waals surface area (Å²) in [5, 5.41) is 4.88. The molecule has 2 aromatic carbocycles. The van der Waals surface area contributed by atoms with Crippen LogP contribution in [0, 0.1) is 12.8 Å². The first-order valence-electron chi connectivity index (χ1n) is 12.0. The van der Waals surface area contributed by atoms with E-state index in [1.807, 2.05) is 66.4 Å². The van der Waals surface area contributed by atoms with Gasteiger partial charge in [0.1, 0.15) is 5.69 Å². The molecule has 1 saturated heterocycles. The highest BCUT2D eigenvalue weighted by Crippen LogP contribution is 2.33. The Kier molecular flexibility index (Phi) is 6.59. The fourth-order valence-electron chi connectivity index (χ4n) is 4.89. The van der Waals surface area contributed by atoms with Gasteiger partial charge in [-0.3, -0.25) is 14.6 Å². The molecular weight excluding hydrogens is 456 g/mol. The van der Waals surface area contributed by atoms with Gasteiger partial charge in [-0.1, -0.05) is 55.5 Å². The molecule has 2 amide bonds. The normalized spacial score (nSPS) is 17.9. The number of pyridine rings is 1. The van der Waals surface area contributed by atoms with Crippen LogP contribution in [0.15, 0.2) is 66.9 Å². The SMILES string of the molecule is Cc1nc(C(=O)N2CCCC(C)[C@H]2CNC(=O)c2cccc3cccnc23)c(-c2ccccc2)s1. The summed E-state index contributed by atoms with van der Waals surface area (Å²) in [7, 11) is 0. The van der Waals surface area contributed by atoms with Crippen molar-refractivity contribution in [2.75, 3.05) is 13.1 Å². The van der Waals surface area contributed by atoms with Gasteiger partial charge in [0.15, 0.2) is 0 Å². The predicted molar refractivity (Wildman–Crippen MR) is 140 cm³/mol. The standard InChI is InChI=1S/C28H28N4O2S/c1-18-9-8-16-32(28(34)25-26(35-19(2)31-25)21-10-4-3-5-11-21)23(18)17-30-27(33)22-14-6-12-20-13-7-15-29-24(20)22/h3-7,10-15,18,23H,8-9,16-17H2,1-2H3,(H,30,33)/t18?,23-/m1/s1. The number of thiazole rings is 1. The molecule has 35 heavy (non-hydrogen) atoms. The van der Waals surface area contributed by atoms with Crippen LogP contribution in [-0.2, 0) is 0 Å². The number of para-hydroxylation sites is 1. The Labute approximate surface area is 209 Å². The topological polar surface area (TPSA) is 75.2 Å². The molecular formula is C28H28N4O2S. The van der Waals surface area contributed by atoms with E-state index >= 15 is 0 Å². The van der Waals surface area contributed by atoms with Gasteiger partial charge in [-0.2, -0.15) is 0 Å².